The van der Waals surface area contributed by atoms with Crippen molar-refractivity contribution in [1.82, 2.24) is 0 Å². The first-order valence-electron chi connectivity index (χ1n) is 10.9. The zero-order valence-electron chi connectivity index (χ0n) is 18.8. The molecule has 0 fully saturated rings. The molecule has 1 aliphatic rings. The average Bonchev–Trinajstić information content (AvgIpc) is 3.13. The molecule has 0 radical (unpaired) electrons. The van der Waals surface area contributed by atoms with Gasteiger partial charge in [0.1, 0.15) is 10.8 Å². The summed E-state index contributed by atoms with van der Waals surface area (Å²) in [7, 11) is 0. The standard InChI is InChI=1S/C26H26Cl2N2O2S/c1-26(2,3)16-4-10-20-22(13-16)33-25(29-14-15-12-18(28)7-11-21(15)31)23(20)24(32)30-19-8-5-17(27)6-9-19/h5-9,11-12,14,16,31H,4,10,13H2,1-3H3,(H,30,32)/t16-/m0/s1. The number of aliphatic imine (C=N–C) groups is 1. The van der Waals surface area contributed by atoms with E-state index in [-0.39, 0.29) is 17.1 Å². The van der Waals surface area contributed by atoms with Crippen molar-refractivity contribution in [2.24, 2.45) is 16.3 Å². The van der Waals surface area contributed by atoms with Gasteiger partial charge in [0.25, 0.3) is 5.91 Å². The number of carbonyl (C=O) groups excluding carboxylic acids is 1. The van der Waals surface area contributed by atoms with Crippen molar-refractivity contribution in [2.75, 3.05) is 5.32 Å². The molecule has 2 aromatic carbocycles. The molecule has 0 aliphatic heterocycles. The fourth-order valence-electron chi connectivity index (χ4n) is 4.12. The number of phenols is 1. The van der Waals surface area contributed by atoms with E-state index in [2.05, 4.69) is 31.1 Å². The van der Waals surface area contributed by atoms with Gasteiger partial charge in [-0.2, -0.15) is 0 Å². The van der Waals surface area contributed by atoms with Crippen molar-refractivity contribution >= 4 is 57.3 Å². The van der Waals surface area contributed by atoms with E-state index in [4.69, 9.17) is 23.2 Å². The number of hydrogen-bond donors (Lipinski definition) is 2. The predicted molar refractivity (Wildman–Crippen MR) is 139 cm³/mol. The highest BCUT2D eigenvalue weighted by atomic mass is 35.5. The highest BCUT2D eigenvalue weighted by Crippen LogP contribution is 2.45. The number of halogens is 2. The van der Waals surface area contributed by atoms with Gasteiger partial charge in [0.05, 0.1) is 5.56 Å². The zero-order chi connectivity index (χ0) is 23.8. The van der Waals surface area contributed by atoms with Crippen molar-refractivity contribution in [1.29, 1.82) is 0 Å². The van der Waals surface area contributed by atoms with Crippen LogP contribution in [0.25, 0.3) is 0 Å². The Morgan fingerprint density at radius 2 is 1.85 bits per heavy atom. The van der Waals surface area contributed by atoms with E-state index < -0.39 is 0 Å². The molecule has 1 atom stereocenters. The molecular formula is C26H26Cl2N2O2S. The molecule has 0 saturated heterocycles. The fraction of sp³-hybridized carbons (Fsp3) is 0.308. The molecular weight excluding hydrogens is 475 g/mol. The molecule has 4 rings (SSSR count). The molecule has 0 spiro atoms. The first-order valence-corrected chi connectivity index (χ1v) is 12.4. The number of nitrogens with one attached hydrogen (secondary N) is 1. The van der Waals surface area contributed by atoms with Gasteiger partial charge in [0, 0.05) is 32.4 Å². The van der Waals surface area contributed by atoms with Crippen LogP contribution in [0.4, 0.5) is 10.7 Å². The normalized spacial score (nSPS) is 16.1. The second-order valence-electron chi connectivity index (χ2n) is 9.41. The Morgan fingerprint density at radius 1 is 1.15 bits per heavy atom. The van der Waals surface area contributed by atoms with Gasteiger partial charge in [0.15, 0.2) is 0 Å². The van der Waals surface area contributed by atoms with Gasteiger partial charge in [-0.15, -0.1) is 11.3 Å². The summed E-state index contributed by atoms with van der Waals surface area (Å²) in [5.41, 5.74) is 3.06. The van der Waals surface area contributed by atoms with Gasteiger partial charge in [-0.05, 0) is 78.6 Å². The molecule has 4 nitrogen and oxygen atoms in total. The van der Waals surface area contributed by atoms with Crippen molar-refractivity contribution < 1.29 is 9.90 Å². The number of thiophene rings is 1. The molecule has 2 N–H and O–H groups in total. The van der Waals surface area contributed by atoms with Gasteiger partial charge >= 0.3 is 0 Å². The summed E-state index contributed by atoms with van der Waals surface area (Å²) in [6, 6.07) is 11.9. The topological polar surface area (TPSA) is 61.7 Å². The minimum Gasteiger partial charge on any atom is -0.507 e. The largest absolute Gasteiger partial charge is 0.507 e. The van der Waals surface area contributed by atoms with E-state index in [1.807, 2.05) is 0 Å². The molecule has 7 heteroatoms. The summed E-state index contributed by atoms with van der Waals surface area (Å²) in [4.78, 5) is 19.2. The second-order valence-corrected chi connectivity index (χ2v) is 11.4. The quantitative estimate of drug-likeness (QED) is 0.357. The molecule has 172 valence electrons. The molecule has 1 amide bonds. The Hall–Kier alpha value is -2.34. The first kappa shape index (κ1) is 23.8. The minimum absolute atomic E-state index is 0.0874. The Kier molecular flexibility index (Phi) is 6.85. The summed E-state index contributed by atoms with van der Waals surface area (Å²) < 4.78 is 0. The highest BCUT2D eigenvalue weighted by molar-refractivity contribution is 7.16. The van der Waals surface area contributed by atoms with E-state index in [0.717, 1.165) is 24.8 Å². The van der Waals surface area contributed by atoms with Gasteiger partial charge in [0.2, 0.25) is 0 Å². The van der Waals surface area contributed by atoms with Crippen molar-refractivity contribution in [3.05, 3.63) is 74.1 Å². The number of fused-ring (bicyclic) bond motifs is 1. The molecule has 1 aliphatic carbocycles. The molecule has 1 heterocycles. The smallest absolute Gasteiger partial charge is 0.259 e. The van der Waals surface area contributed by atoms with Crippen LogP contribution in [-0.4, -0.2) is 17.2 Å². The molecule has 1 aromatic heterocycles. The van der Waals surface area contributed by atoms with Crippen molar-refractivity contribution in [2.45, 2.75) is 40.0 Å². The van der Waals surface area contributed by atoms with Crippen molar-refractivity contribution in [3.63, 3.8) is 0 Å². The Morgan fingerprint density at radius 3 is 2.55 bits per heavy atom. The monoisotopic (exact) mass is 500 g/mol. The van der Waals surface area contributed by atoms with Crippen LogP contribution >= 0.6 is 34.5 Å². The maximum atomic E-state index is 13.4. The average molecular weight is 501 g/mol. The first-order chi connectivity index (χ1) is 15.6. The third kappa shape index (κ3) is 5.43. The van der Waals surface area contributed by atoms with Crippen LogP contribution in [0.15, 0.2) is 47.5 Å². The number of anilines is 1. The number of carbonyl (C=O) groups is 1. The van der Waals surface area contributed by atoms with Gasteiger partial charge in [-0.3, -0.25) is 4.79 Å². The number of rotatable bonds is 4. The highest BCUT2D eigenvalue weighted by Gasteiger charge is 2.33. The molecule has 33 heavy (non-hydrogen) atoms. The lowest BCUT2D eigenvalue weighted by Gasteiger charge is -2.33. The Bertz CT molecular complexity index is 1210. The van der Waals surface area contributed by atoms with Crippen LogP contribution in [0.1, 0.15) is 53.6 Å². The number of phenolic OH excluding ortho intramolecular Hbond substituents is 1. The third-order valence-corrected chi connectivity index (χ3v) is 7.76. The summed E-state index contributed by atoms with van der Waals surface area (Å²) >= 11 is 13.6. The van der Waals surface area contributed by atoms with Gasteiger partial charge < -0.3 is 10.4 Å². The predicted octanol–water partition coefficient (Wildman–Crippen LogP) is 7.91. The molecule has 0 bridgehead atoms. The number of amides is 1. The van der Waals surface area contributed by atoms with Crippen molar-refractivity contribution in [3.8, 4) is 5.75 Å². The summed E-state index contributed by atoms with van der Waals surface area (Å²) in [6.45, 7) is 6.81. The van der Waals surface area contributed by atoms with Crippen LogP contribution in [0.5, 0.6) is 5.75 Å². The number of benzene rings is 2. The maximum Gasteiger partial charge on any atom is 0.259 e. The van der Waals surface area contributed by atoms with E-state index in [0.29, 0.717) is 37.8 Å². The second kappa shape index (κ2) is 9.49. The summed E-state index contributed by atoms with van der Waals surface area (Å²) in [5, 5.41) is 14.9. The molecule has 3 aromatic rings. The maximum absolute atomic E-state index is 13.4. The lowest BCUT2D eigenvalue weighted by molar-refractivity contribution is 0.102. The Balaban J connectivity index is 1.72. The van der Waals surface area contributed by atoms with E-state index in [1.54, 1.807) is 53.9 Å². The van der Waals surface area contributed by atoms with Crippen LogP contribution in [0, 0.1) is 11.3 Å². The minimum atomic E-state index is -0.188. The zero-order valence-corrected chi connectivity index (χ0v) is 21.1. The van der Waals surface area contributed by atoms with Crippen LogP contribution in [0.2, 0.25) is 10.0 Å². The molecule has 0 unspecified atom stereocenters. The Labute approximate surface area is 208 Å². The molecule has 0 saturated carbocycles. The lowest BCUT2D eigenvalue weighted by atomic mass is 9.72. The third-order valence-electron chi connectivity index (χ3n) is 6.11. The van der Waals surface area contributed by atoms with Gasteiger partial charge in [-0.1, -0.05) is 44.0 Å². The van der Waals surface area contributed by atoms with E-state index in [9.17, 15) is 9.90 Å². The fourth-order valence-corrected chi connectivity index (χ4v) is 5.69. The number of hydrogen-bond acceptors (Lipinski definition) is 4. The van der Waals surface area contributed by atoms with Crippen LogP contribution in [-0.2, 0) is 12.8 Å². The van der Waals surface area contributed by atoms with Crippen LogP contribution in [0.3, 0.4) is 0 Å². The van der Waals surface area contributed by atoms with E-state index in [1.165, 1.54) is 10.9 Å². The number of aromatic hydroxyl groups is 1. The summed E-state index contributed by atoms with van der Waals surface area (Å²) in [6.07, 6.45) is 4.38. The van der Waals surface area contributed by atoms with Crippen LogP contribution < -0.4 is 5.32 Å². The SMILES string of the molecule is CC(C)(C)[C@H]1CCc2c(sc(N=Cc3cc(Cl)ccc3O)c2C(=O)Nc2ccc(Cl)cc2)C1. The van der Waals surface area contributed by atoms with Gasteiger partial charge in [-0.25, -0.2) is 4.99 Å². The van der Waals surface area contributed by atoms with E-state index >= 15 is 0 Å². The lowest BCUT2D eigenvalue weighted by Crippen LogP contribution is -2.27. The number of nitrogens with zero attached hydrogens (tertiary/aromatic N) is 1. The summed E-state index contributed by atoms with van der Waals surface area (Å²) in [5.74, 6) is 0.445.